The summed E-state index contributed by atoms with van der Waals surface area (Å²) in [5.41, 5.74) is 0. The molecule has 0 aliphatic heterocycles. The highest BCUT2D eigenvalue weighted by Crippen LogP contribution is 2.32. The molecule has 23 heavy (non-hydrogen) atoms. The summed E-state index contributed by atoms with van der Waals surface area (Å²) in [5, 5.41) is 12.2. The first-order valence-electron chi connectivity index (χ1n) is 9.43. The van der Waals surface area contributed by atoms with Gasteiger partial charge in [0.05, 0.1) is 5.92 Å². The Morgan fingerprint density at radius 1 is 0.913 bits per heavy atom. The molecule has 130 valence electrons. The van der Waals surface area contributed by atoms with Gasteiger partial charge in [0, 0.05) is 18.6 Å². The van der Waals surface area contributed by atoms with Crippen molar-refractivity contribution in [2.24, 2.45) is 11.8 Å². The zero-order valence-corrected chi connectivity index (χ0v) is 14.0. The van der Waals surface area contributed by atoms with Crippen molar-refractivity contribution in [3.05, 3.63) is 0 Å². The van der Waals surface area contributed by atoms with Gasteiger partial charge in [0.1, 0.15) is 0 Å². The van der Waals surface area contributed by atoms with Gasteiger partial charge in [-0.1, -0.05) is 19.3 Å². The number of carboxylic acid groups (broad SMARTS) is 1. The standard InChI is InChI=1S/C18H30N2O3/c21-17(22)14-6-8-15(9-7-14)19-18(23)20(16-10-11-16)12-13-4-2-1-3-5-13/h13-16H,1-12H2,(H,19,23)(H,21,22). The number of carbonyl (C=O) groups is 2. The second kappa shape index (κ2) is 7.54. The van der Waals surface area contributed by atoms with E-state index in [0.29, 0.717) is 24.8 Å². The van der Waals surface area contributed by atoms with Gasteiger partial charge in [0.2, 0.25) is 0 Å². The molecule has 0 aromatic heterocycles. The summed E-state index contributed by atoms with van der Waals surface area (Å²) in [4.78, 5) is 25.8. The predicted octanol–water partition coefficient (Wildman–Crippen LogP) is 3.38. The Hall–Kier alpha value is -1.26. The molecule has 5 heteroatoms. The molecule has 0 saturated heterocycles. The fourth-order valence-electron chi connectivity index (χ4n) is 4.17. The van der Waals surface area contributed by atoms with E-state index in [9.17, 15) is 9.59 Å². The summed E-state index contributed by atoms with van der Waals surface area (Å²) in [6.45, 7) is 0.918. The number of hydrogen-bond acceptors (Lipinski definition) is 2. The number of urea groups is 1. The average Bonchev–Trinajstić information content (AvgIpc) is 3.39. The lowest BCUT2D eigenvalue weighted by Crippen LogP contribution is -2.48. The molecule has 3 saturated carbocycles. The van der Waals surface area contributed by atoms with Crippen LogP contribution in [-0.4, -0.2) is 40.6 Å². The van der Waals surface area contributed by atoms with E-state index in [1.165, 1.54) is 32.1 Å². The van der Waals surface area contributed by atoms with Crippen LogP contribution in [0, 0.1) is 11.8 Å². The third-order valence-corrected chi connectivity index (χ3v) is 5.83. The summed E-state index contributed by atoms with van der Waals surface area (Å²) < 4.78 is 0. The van der Waals surface area contributed by atoms with Crippen LogP contribution >= 0.6 is 0 Å². The van der Waals surface area contributed by atoms with Crippen molar-refractivity contribution < 1.29 is 14.7 Å². The second-order valence-corrected chi connectivity index (χ2v) is 7.72. The quantitative estimate of drug-likeness (QED) is 0.815. The van der Waals surface area contributed by atoms with E-state index in [2.05, 4.69) is 10.2 Å². The maximum Gasteiger partial charge on any atom is 0.317 e. The number of rotatable bonds is 5. The van der Waals surface area contributed by atoms with Crippen molar-refractivity contribution in [3.63, 3.8) is 0 Å². The molecule has 0 unspecified atom stereocenters. The Morgan fingerprint density at radius 3 is 2.13 bits per heavy atom. The maximum absolute atomic E-state index is 12.7. The van der Waals surface area contributed by atoms with Crippen LogP contribution in [0.4, 0.5) is 4.79 Å². The van der Waals surface area contributed by atoms with Crippen molar-refractivity contribution >= 4 is 12.0 Å². The molecule has 0 aromatic rings. The van der Waals surface area contributed by atoms with E-state index in [-0.39, 0.29) is 18.0 Å². The Labute approximate surface area is 138 Å². The second-order valence-electron chi connectivity index (χ2n) is 7.72. The van der Waals surface area contributed by atoms with E-state index in [1.54, 1.807) is 0 Å². The van der Waals surface area contributed by atoms with Crippen molar-refractivity contribution in [1.29, 1.82) is 0 Å². The van der Waals surface area contributed by atoms with Gasteiger partial charge in [-0.25, -0.2) is 4.79 Å². The first-order valence-corrected chi connectivity index (χ1v) is 9.43. The molecule has 0 heterocycles. The lowest BCUT2D eigenvalue weighted by Gasteiger charge is -2.33. The zero-order chi connectivity index (χ0) is 16.2. The summed E-state index contributed by atoms with van der Waals surface area (Å²) >= 11 is 0. The Balaban J connectivity index is 1.48. The molecule has 3 fully saturated rings. The lowest BCUT2D eigenvalue weighted by atomic mass is 9.86. The number of carbonyl (C=O) groups excluding carboxylic acids is 1. The molecule has 3 rings (SSSR count). The van der Waals surface area contributed by atoms with E-state index in [4.69, 9.17) is 5.11 Å². The number of amides is 2. The molecule has 3 aliphatic rings. The van der Waals surface area contributed by atoms with Gasteiger partial charge < -0.3 is 15.3 Å². The molecule has 0 radical (unpaired) electrons. The predicted molar refractivity (Wildman–Crippen MR) is 88.2 cm³/mol. The van der Waals surface area contributed by atoms with Crippen LogP contribution in [-0.2, 0) is 4.79 Å². The van der Waals surface area contributed by atoms with Crippen LogP contribution in [0.25, 0.3) is 0 Å². The molecule has 0 aromatic carbocycles. The summed E-state index contributed by atoms with van der Waals surface area (Å²) in [5.74, 6) is -0.227. The summed E-state index contributed by atoms with van der Waals surface area (Å²) in [6, 6.07) is 0.704. The van der Waals surface area contributed by atoms with Gasteiger partial charge in [0.25, 0.3) is 0 Å². The van der Waals surface area contributed by atoms with Gasteiger partial charge in [-0.2, -0.15) is 0 Å². The summed E-state index contributed by atoms with van der Waals surface area (Å²) in [7, 11) is 0. The highest BCUT2D eigenvalue weighted by Gasteiger charge is 2.35. The number of nitrogens with zero attached hydrogens (tertiary/aromatic N) is 1. The SMILES string of the molecule is O=C(O)C1CCC(NC(=O)N(CC2CCCCC2)C2CC2)CC1. The molecule has 3 aliphatic carbocycles. The van der Waals surface area contributed by atoms with Crippen LogP contribution in [0.5, 0.6) is 0 Å². The molecular weight excluding hydrogens is 292 g/mol. The Kier molecular flexibility index (Phi) is 5.44. The van der Waals surface area contributed by atoms with Crippen molar-refractivity contribution in [2.45, 2.75) is 82.7 Å². The number of aliphatic carboxylic acids is 1. The van der Waals surface area contributed by atoms with Crippen molar-refractivity contribution in [2.75, 3.05) is 6.54 Å². The van der Waals surface area contributed by atoms with E-state index >= 15 is 0 Å². The normalized spacial score (nSPS) is 29.0. The fraction of sp³-hybridized carbons (Fsp3) is 0.889. The molecular formula is C18H30N2O3. The van der Waals surface area contributed by atoms with E-state index in [1.807, 2.05) is 0 Å². The third kappa shape index (κ3) is 4.61. The van der Waals surface area contributed by atoms with Crippen molar-refractivity contribution in [3.8, 4) is 0 Å². The molecule has 0 spiro atoms. The number of carboxylic acids is 1. The molecule has 0 bridgehead atoms. The molecule has 2 N–H and O–H groups in total. The van der Waals surface area contributed by atoms with Crippen LogP contribution in [0.3, 0.4) is 0 Å². The van der Waals surface area contributed by atoms with Crippen LogP contribution < -0.4 is 5.32 Å². The molecule has 5 nitrogen and oxygen atoms in total. The number of hydrogen-bond donors (Lipinski definition) is 2. The number of nitrogens with one attached hydrogen (secondary N) is 1. The lowest BCUT2D eigenvalue weighted by molar-refractivity contribution is -0.142. The maximum atomic E-state index is 12.7. The Morgan fingerprint density at radius 2 is 1.57 bits per heavy atom. The third-order valence-electron chi connectivity index (χ3n) is 5.83. The first kappa shape index (κ1) is 16.6. The van der Waals surface area contributed by atoms with E-state index in [0.717, 1.165) is 32.2 Å². The van der Waals surface area contributed by atoms with Crippen molar-refractivity contribution in [1.82, 2.24) is 10.2 Å². The fourth-order valence-corrected chi connectivity index (χ4v) is 4.17. The Bertz CT molecular complexity index is 422. The highest BCUT2D eigenvalue weighted by atomic mass is 16.4. The van der Waals surface area contributed by atoms with Gasteiger partial charge in [-0.05, 0) is 57.3 Å². The van der Waals surface area contributed by atoms with E-state index < -0.39 is 5.97 Å². The van der Waals surface area contributed by atoms with Crippen LogP contribution in [0.2, 0.25) is 0 Å². The zero-order valence-electron chi connectivity index (χ0n) is 14.0. The minimum Gasteiger partial charge on any atom is -0.481 e. The van der Waals surface area contributed by atoms with Crippen LogP contribution in [0.15, 0.2) is 0 Å². The van der Waals surface area contributed by atoms with Gasteiger partial charge >= 0.3 is 12.0 Å². The summed E-state index contributed by atoms with van der Waals surface area (Å²) in [6.07, 6.45) is 11.7. The van der Waals surface area contributed by atoms with Gasteiger partial charge in [-0.15, -0.1) is 0 Å². The van der Waals surface area contributed by atoms with Crippen LogP contribution in [0.1, 0.15) is 70.6 Å². The van der Waals surface area contributed by atoms with Gasteiger partial charge in [0.15, 0.2) is 0 Å². The smallest absolute Gasteiger partial charge is 0.317 e. The monoisotopic (exact) mass is 322 g/mol. The van der Waals surface area contributed by atoms with Gasteiger partial charge in [-0.3, -0.25) is 4.79 Å². The average molecular weight is 322 g/mol. The molecule has 0 atom stereocenters. The largest absolute Gasteiger partial charge is 0.481 e. The molecule has 2 amide bonds. The minimum atomic E-state index is -0.688. The first-order chi connectivity index (χ1) is 11.1. The minimum absolute atomic E-state index is 0.0943. The highest BCUT2D eigenvalue weighted by molar-refractivity contribution is 5.75. The topological polar surface area (TPSA) is 69.6 Å².